The fourth-order valence-electron chi connectivity index (χ4n) is 2.10. The summed E-state index contributed by atoms with van der Waals surface area (Å²) in [6, 6.07) is 6.58. The van der Waals surface area contributed by atoms with Crippen molar-refractivity contribution in [1.29, 1.82) is 0 Å². The van der Waals surface area contributed by atoms with Gasteiger partial charge in [-0.3, -0.25) is 14.4 Å². The zero-order valence-electron chi connectivity index (χ0n) is 10.9. The molecule has 20 heavy (non-hydrogen) atoms. The number of carboxylic acid groups (broad SMARTS) is 1. The molecule has 0 radical (unpaired) electrons. The maximum atomic E-state index is 11.9. The Morgan fingerprint density at radius 3 is 2.85 bits per heavy atom. The molecule has 0 spiro atoms. The molecule has 2 rings (SSSR count). The van der Waals surface area contributed by atoms with Crippen LogP contribution in [-0.4, -0.2) is 28.9 Å². The maximum absolute atomic E-state index is 11.9. The fourth-order valence-corrected chi connectivity index (χ4v) is 2.10. The lowest BCUT2D eigenvalue weighted by Crippen LogP contribution is -2.37. The number of carbonyl (C=O) groups is 3. The Hall–Kier alpha value is -2.37. The highest BCUT2D eigenvalue weighted by Gasteiger charge is 2.27. The van der Waals surface area contributed by atoms with Crippen LogP contribution in [-0.2, 0) is 20.8 Å². The number of hydrogen-bond acceptors (Lipinski definition) is 3. The molecule has 1 heterocycles. The van der Waals surface area contributed by atoms with E-state index in [9.17, 15) is 14.4 Å². The van der Waals surface area contributed by atoms with Crippen molar-refractivity contribution in [2.45, 2.75) is 31.7 Å². The molecule has 1 aromatic carbocycles. The minimum absolute atomic E-state index is 0.0517. The summed E-state index contributed by atoms with van der Waals surface area (Å²) in [5.74, 6) is -1.21. The molecule has 0 saturated carbocycles. The number of aryl methyl sites for hydroxylation is 1. The van der Waals surface area contributed by atoms with Crippen molar-refractivity contribution in [2.24, 2.45) is 0 Å². The molecule has 2 amide bonds. The number of nitrogens with one attached hydrogen (secondary N) is 2. The van der Waals surface area contributed by atoms with Crippen LogP contribution in [0.5, 0.6) is 0 Å². The van der Waals surface area contributed by atoms with Crippen molar-refractivity contribution in [3.63, 3.8) is 0 Å². The Labute approximate surface area is 116 Å². The van der Waals surface area contributed by atoms with Gasteiger partial charge in [-0.2, -0.15) is 0 Å². The van der Waals surface area contributed by atoms with Crippen LogP contribution in [0, 0.1) is 0 Å². The van der Waals surface area contributed by atoms with Gasteiger partial charge in [0.2, 0.25) is 11.8 Å². The molecular formula is C14H16N2O4. The molecule has 1 aliphatic heterocycles. The van der Waals surface area contributed by atoms with Crippen LogP contribution in [0.25, 0.3) is 0 Å². The van der Waals surface area contributed by atoms with E-state index in [1.54, 1.807) is 18.2 Å². The third-order valence-corrected chi connectivity index (χ3v) is 3.13. The van der Waals surface area contributed by atoms with Gasteiger partial charge in [0.1, 0.15) is 6.04 Å². The monoisotopic (exact) mass is 276 g/mol. The van der Waals surface area contributed by atoms with Crippen molar-refractivity contribution in [3.05, 3.63) is 29.8 Å². The van der Waals surface area contributed by atoms with E-state index in [-0.39, 0.29) is 18.2 Å². The first-order valence-electron chi connectivity index (χ1n) is 6.45. The molecular weight excluding hydrogens is 260 g/mol. The van der Waals surface area contributed by atoms with Gasteiger partial charge < -0.3 is 15.7 Å². The zero-order valence-corrected chi connectivity index (χ0v) is 10.9. The highest BCUT2D eigenvalue weighted by atomic mass is 16.4. The fraction of sp³-hybridized carbons (Fsp3) is 0.357. The lowest BCUT2D eigenvalue weighted by Gasteiger charge is -2.11. The summed E-state index contributed by atoms with van der Waals surface area (Å²) in [6.45, 7) is 0. The van der Waals surface area contributed by atoms with E-state index in [2.05, 4.69) is 10.6 Å². The first-order chi connectivity index (χ1) is 9.54. The number of carbonyl (C=O) groups excluding carboxylic acids is 2. The van der Waals surface area contributed by atoms with Crippen LogP contribution in [0.2, 0.25) is 0 Å². The lowest BCUT2D eigenvalue weighted by molar-refractivity contribution is -0.137. The molecule has 6 heteroatoms. The number of benzene rings is 1. The molecule has 3 N–H and O–H groups in total. The number of rotatable bonds is 5. The van der Waals surface area contributed by atoms with E-state index >= 15 is 0 Å². The van der Waals surface area contributed by atoms with Crippen LogP contribution < -0.4 is 10.6 Å². The van der Waals surface area contributed by atoms with Crippen molar-refractivity contribution >= 4 is 23.5 Å². The van der Waals surface area contributed by atoms with Crippen molar-refractivity contribution in [1.82, 2.24) is 5.32 Å². The summed E-state index contributed by atoms with van der Waals surface area (Å²) in [6.07, 6.45) is 1.34. The predicted molar refractivity (Wildman–Crippen MR) is 72.2 cm³/mol. The Kier molecular flexibility index (Phi) is 4.34. The van der Waals surface area contributed by atoms with E-state index in [4.69, 9.17) is 5.11 Å². The van der Waals surface area contributed by atoms with E-state index in [0.29, 0.717) is 24.9 Å². The van der Waals surface area contributed by atoms with Crippen LogP contribution in [0.4, 0.5) is 5.69 Å². The minimum Gasteiger partial charge on any atom is -0.481 e. The van der Waals surface area contributed by atoms with Gasteiger partial charge >= 0.3 is 5.97 Å². The molecule has 6 nitrogen and oxygen atoms in total. The van der Waals surface area contributed by atoms with Crippen LogP contribution in [0.15, 0.2) is 24.3 Å². The normalized spacial score (nSPS) is 17.6. The predicted octanol–water partition coefficient (Wildman–Crippen LogP) is 0.921. The lowest BCUT2D eigenvalue weighted by atomic mass is 10.1. The second kappa shape index (κ2) is 6.18. The SMILES string of the molecule is O=C(O)CCc1cccc(NC(=O)[C@H]2CCC(=O)N2)c1. The number of amides is 2. The Morgan fingerprint density at radius 1 is 1.40 bits per heavy atom. The molecule has 106 valence electrons. The minimum atomic E-state index is -0.854. The van der Waals surface area contributed by atoms with Crippen LogP contribution >= 0.6 is 0 Å². The van der Waals surface area contributed by atoms with Gasteiger partial charge in [0.15, 0.2) is 0 Å². The first kappa shape index (κ1) is 14.0. The van der Waals surface area contributed by atoms with Gasteiger partial charge in [-0.1, -0.05) is 12.1 Å². The number of anilines is 1. The number of aliphatic carboxylic acids is 1. The third-order valence-electron chi connectivity index (χ3n) is 3.13. The molecule has 1 aliphatic rings. The van der Waals surface area contributed by atoms with E-state index in [0.717, 1.165) is 5.56 Å². The topological polar surface area (TPSA) is 95.5 Å². The summed E-state index contributed by atoms with van der Waals surface area (Å²) in [5.41, 5.74) is 1.46. The average Bonchev–Trinajstić information content (AvgIpc) is 2.84. The summed E-state index contributed by atoms with van der Waals surface area (Å²) in [4.78, 5) is 33.5. The zero-order chi connectivity index (χ0) is 14.5. The Morgan fingerprint density at radius 2 is 2.20 bits per heavy atom. The van der Waals surface area contributed by atoms with E-state index < -0.39 is 12.0 Å². The number of carboxylic acids is 1. The van der Waals surface area contributed by atoms with Gasteiger partial charge in [0, 0.05) is 18.5 Å². The van der Waals surface area contributed by atoms with Gasteiger partial charge in [-0.25, -0.2) is 0 Å². The number of hydrogen-bond donors (Lipinski definition) is 3. The molecule has 1 fully saturated rings. The second-order valence-electron chi connectivity index (χ2n) is 4.74. The highest BCUT2D eigenvalue weighted by Crippen LogP contribution is 2.14. The molecule has 1 saturated heterocycles. The summed E-state index contributed by atoms with van der Waals surface area (Å²) in [7, 11) is 0. The van der Waals surface area contributed by atoms with E-state index in [1.807, 2.05) is 6.07 Å². The second-order valence-corrected chi connectivity index (χ2v) is 4.74. The van der Waals surface area contributed by atoms with Gasteiger partial charge in [-0.05, 0) is 30.5 Å². The third kappa shape index (κ3) is 3.81. The summed E-state index contributed by atoms with van der Waals surface area (Å²) < 4.78 is 0. The average molecular weight is 276 g/mol. The van der Waals surface area contributed by atoms with Crippen molar-refractivity contribution in [2.75, 3.05) is 5.32 Å². The van der Waals surface area contributed by atoms with Crippen LogP contribution in [0.1, 0.15) is 24.8 Å². The molecule has 1 atom stereocenters. The smallest absolute Gasteiger partial charge is 0.303 e. The quantitative estimate of drug-likeness (QED) is 0.745. The van der Waals surface area contributed by atoms with Crippen LogP contribution in [0.3, 0.4) is 0 Å². The molecule has 0 bridgehead atoms. The van der Waals surface area contributed by atoms with Gasteiger partial charge in [0.05, 0.1) is 0 Å². The maximum Gasteiger partial charge on any atom is 0.303 e. The molecule has 0 aromatic heterocycles. The molecule has 0 unspecified atom stereocenters. The summed E-state index contributed by atoms with van der Waals surface area (Å²) in [5, 5.41) is 14.0. The Bertz CT molecular complexity index is 542. The van der Waals surface area contributed by atoms with Gasteiger partial charge in [-0.15, -0.1) is 0 Å². The standard InChI is InChI=1S/C14H16N2O4/c17-12-6-5-11(16-12)14(20)15-10-3-1-2-9(8-10)4-7-13(18)19/h1-3,8,11H,4-7H2,(H,15,20)(H,16,17)(H,18,19)/t11-/m1/s1. The highest BCUT2D eigenvalue weighted by molar-refractivity contribution is 5.99. The Balaban J connectivity index is 1.95. The molecule has 0 aliphatic carbocycles. The van der Waals surface area contributed by atoms with Gasteiger partial charge in [0.25, 0.3) is 0 Å². The van der Waals surface area contributed by atoms with Crippen molar-refractivity contribution in [3.8, 4) is 0 Å². The largest absolute Gasteiger partial charge is 0.481 e. The van der Waals surface area contributed by atoms with Crippen molar-refractivity contribution < 1.29 is 19.5 Å². The van der Waals surface area contributed by atoms with E-state index in [1.165, 1.54) is 0 Å². The summed E-state index contributed by atoms with van der Waals surface area (Å²) >= 11 is 0. The first-order valence-corrected chi connectivity index (χ1v) is 6.45. The molecule has 1 aromatic rings.